The molecule has 2 aliphatic rings. The minimum atomic E-state index is -0.458. The first-order chi connectivity index (χ1) is 10.3. The second-order valence-corrected chi connectivity index (χ2v) is 7.29. The van der Waals surface area contributed by atoms with E-state index in [1.807, 2.05) is 6.92 Å². The summed E-state index contributed by atoms with van der Waals surface area (Å²) in [6.07, 6.45) is 5.15. The first-order valence-corrected chi connectivity index (χ1v) is 8.34. The zero-order valence-electron chi connectivity index (χ0n) is 12.7. The van der Waals surface area contributed by atoms with Crippen LogP contribution in [0.1, 0.15) is 55.5 Å². The number of ether oxygens (including phenoxy) is 1. The number of Topliss-reactive ketones (excluding diaryl/α,β-unsaturated/α-hetero) is 1. The Labute approximate surface area is 139 Å². The molecule has 118 valence electrons. The largest absolute Gasteiger partial charge is 0.425 e. The predicted molar refractivity (Wildman–Crippen MR) is 85.9 cm³/mol. The van der Waals surface area contributed by atoms with Crippen LogP contribution in [0.5, 0.6) is 5.75 Å². The van der Waals surface area contributed by atoms with Gasteiger partial charge in [0.1, 0.15) is 5.02 Å². The summed E-state index contributed by atoms with van der Waals surface area (Å²) in [6.45, 7) is 3.34. The van der Waals surface area contributed by atoms with Crippen LogP contribution in [0.25, 0.3) is 0 Å². The Morgan fingerprint density at radius 3 is 2.50 bits per heavy atom. The number of hydrogen-bond acceptors (Lipinski definition) is 3. The molecular formula is C17H18Cl2O3. The summed E-state index contributed by atoms with van der Waals surface area (Å²) in [5, 5.41) is 0.349. The molecule has 5 heteroatoms. The Bertz CT molecular complexity index is 662. The van der Waals surface area contributed by atoms with E-state index in [4.69, 9.17) is 27.9 Å². The van der Waals surface area contributed by atoms with Gasteiger partial charge in [-0.1, -0.05) is 43.0 Å². The van der Waals surface area contributed by atoms with Gasteiger partial charge in [-0.25, -0.2) is 0 Å². The average molecular weight is 341 g/mol. The summed E-state index contributed by atoms with van der Waals surface area (Å²) in [6, 6.07) is 1.70. The molecule has 0 radical (unpaired) electrons. The van der Waals surface area contributed by atoms with E-state index in [0.717, 1.165) is 18.4 Å². The molecule has 1 saturated carbocycles. The fourth-order valence-corrected chi connectivity index (χ4v) is 4.41. The molecule has 22 heavy (non-hydrogen) atoms. The molecule has 0 heterocycles. The van der Waals surface area contributed by atoms with Gasteiger partial charge in [-0.3, -0.25) is 9.59 Å². The SMILES string of the molecule is CC(=O)Oc1cc2c(c(Cl)c1Cl)C(=O)C(C)(C1CCCC1)C2. The van der Waals surface area contributed by atoms with Crippen LogP contribution in [0.2, 0.25) is 10.0 Å². The van der Waals surface area contributed by atoms with Gasteiger partial charge in [0.05, 0.1) is 5.02 Å². The molecule has 2 aliphatic carbocycles. The van der Waals surface area contributed by atoms with E-state index in [1.165, 1.54) is 19.8 Å². The third kappa shape index (κ3) is 2.35. The highest BCUT2D eigenvalue weighted by molar-refractivity contribution is 6.45. The van der Waals surface area contributed by atoms with Crippen LogP contribution in [-0.2, 0) is 11.2 Å². The third-order valence-corrected chi connectivity index (χ3v) is 5.92. The number of esters is 1. The number of carbonyl (C=O) groups excluding carboxylic acids is 2. The van der Waals surface area contributed by atoms with Gasteiger partial charge in [0.15, 0.2) is 11.5 Å². The second kappa shape index (κ2) is 5.54. The highest BCUT2D eigenvalue weighted by Gasteiger charge is 2.49. The molecule has 0 N–H and O–H groups in total. The summed E-state index contributed by atoms with van der Waals surface area (Å²) in [5.74, 6) is 0.247. The van der Waals surface area contributed by atoms with Gasteiger partial charge in [0, 0.05) is 17.9 Å². The van der Waals surface area contributed by atoms with Gasteiger partial charge in [-0.05, 0) is 36.8 Å². The van der Waals surface area contributed by atoms with Gasteiger partial charge >= 0.3 is 5.97 Å². The second-order valence-electron chi connectivity index (χ2n) is 6.54. The number of benzene rings is 1. The zero-order valence-corrected chi connectivity index (χ0v) is 14.2. The topological polar surface area (TPSA) is 43.4 Å². The maximum absolute atomic E-state index is 13.0. The van der Waals surface area contributed by atoms with Crippen LogP contribution >= 0.6 is 23.2 Å². The average Bonchev–Trinajstić information content (AvgIpc) is 3.05. The summed E-state index contributed by atoms with van der Waals surface area (Å²) < 4.78 is 5.11. The number of ketones is 1. The third-order valence-electron chi connectivity index (χ3n) is 5.07. The van der Waals surface area contributed by atoms with E-state index in [1.54, 1.807) is 6.07 Å². The van der Waals surface area contributed by atoms with Crippen molar-refractivity contribution in [1.82, 2.24) is 0 Å². The van der Waals surface area contributed by atoms with E-state index in [-0.39, 0.29) is 21.6 Å². The molecule has 0 amide bonds. The van der Waals surface area contributed by atoms with Crippen molar-refractivity contribution in [3.8, 4) is 5.75 Å². The van der Waals surface area contributed by atoms with Crippen LogP contribution in [0.15, 0.2) is 6.07 Å². The molecule has 1 aromatic carbocycles. The van der Waals surface area contributed by atoms with E-state index in [2.05, 4.69) is 0 Å². The monoisotopic (exact) mass is 340 g/mol. The zero-order chi connectivity index (χ0) is 16.1. The maximum atomic E-state index is 13.0. The van der Waals surface area contributed by atoms with Crippen molar-refractivity contribution in [2.45, 2.75) is 46.0 Å². The number of rotatable bonds is 2. The standard InChI is InChI=1S/C17H18Cl2O3/c1-9(20)22-12-7-10-8-17(2,11-5-3-4-6-11)16(21)13(10)15(19)14(12)18/h7,11H,3-6,8H2,1-2H3. The predicted octanol–water partition coefficient (Wildman–Crippen LogP) is 4.85. The summed E-state index contributed by atoms with van der Waals surface area (Å²) in [5.41, 5.74) is 0.933. The first-order valence-electron chi connectivity index (χ1n) is 7.58. The summed E-state index contributed by atoms with van der Waals surface area (Å²) >= 11 is 12.5. The molecule has 0 bridgehead atoms. The van der Waals surface area contributed by atoms with Gasteiger partial charge in [-0.15, -0.1) is 0 Å². The fourth-order valence-electron chi connectivity index (χ4n) is 3.92. The van der Waals surface area contributed by atoms with E-state index < -0.39 is 11.4 Å². The molecule has 3 rings (SSSR count). The van der Waals surface area contributed by atoms with Gasteiger partial charge in [0.25, 0.3) is 0 Å². The summed E-state index contributed by atoms with van der Waals surface area (Å²) in [4.78, 5) is 24.1. The van der Waals surface area contributed by atoms with Crippen LogP contribution in [0.4, 0.5) is 0 Å². The molecule has 1 fully saturated rings. The number of carbonyl (C=O) groups is 2. The molecule has 0 saturated heterocycles. The highest BCUT2D eigenvalue weighted by Crippen LogP contribution is 2.52. The highest BCUT2D eigenvalue weighted by atomic mass is 35.5. The van der Waals surface area contributed by atoms with Crippen LogP contribution in [-0.4, -0.2) is 11.8 Å². The molecule has 1 aromatic rings. The van der Waals surface area contributed by atoms with Gasteiger partial charge in [-0.2, -0.15) is 0 Å². The molecular weight excluding hydrogens is 323 g/mol. The van der Waals surface area contributed by atoms with Crippen LogP contribution in [0.3, 0.4) is 0 Å². The number of hydrogen-bond donors (Lipinski definition) is 0. The number of fused-ring (bicyclic) bond motifs is 1. The van der Waals surface area contributed by atoms with E-state index in [0.29, 0.717) is 17.9 Å². The molecule has 3 nitrogen and oxygen atoms in total. The van der Waals surface area contributed by atoms with E-state index >= 15 is 0 Å². The van der Waals surface area contributed by atoms with Crippen LogP contribution < -0.4 is 4.74 Å². The van der Waals surface area contributed by atoms with E-state index in [9.17, 15) is 9.59 Å². The molecule has 0 aliphatic heterocycles. The van der Waals surface area contributed by atoms with Crippen molar-refractivity contribution < 1.29 is 14.3 Å². The van der Waals surface area contributed by atoms with Crippen molar-refractivity contribution in [2.75, 3.05) is 0 Å². The van der Waals surface area contributed by atoms with Crippen molar-refractivity contribution in [3.05, 3.63) is 27.2 Å². The minimum absolute atomic E-state index is 0.0793. The van der Waals surface area contributed by atoms with Crippen molar-refractivity contribution >= 4 is 35.0 Å². The Kier molecular flexibility index (Phi) is 3.98. The summed E-state index contributed by atoms with van der Waals surface area (Å²) in [7, 11) is 0. The number of halogens is 2. The van der Waals surface area contributed by atoms with Crippen molar-refractivity contribution in [3.63, 3.8) is 0 Å². The lowest BCUT2D eigenvalue weighted by atomic mass is 9.73. The van der Waals surface area contributed by atoms with Crippen LogP contribution in [0, 0.1) is 11.3 Å². The quantitative estimate of drug-likeness (QED) is 0.570. The molecule has 0 spiro atoms. The lowest BCUT2D eigenvalue weighted by Crippen LogP contribution is -2.32. The Morgan fingerprint density at radius 2 is 1.91 bits per heavy atom. The fraction of sp³-hybridized carbons (Fsp3) is 0.529. The lowest BCUT2D eigenvalue weighted by molar-refractivity contribution is -0.131. The minimum Gasteiger partial charge on any atom is -0.425 e. The Hall–Kier alpha value is -1.06. The Morgan fingerprint density at radius 1 is 1.27 bits per heavy atom. The molecule has 1 unspecified atom stereocenters. The first kappa shape index (κ1) is 15.8. The van der Waals surface area contributed by atoms with Crippen molar-refractivity contribution in [1.29, 1.82) is 0 Å². The van der Waals surface area contributed by atoms with Gasteiger partial charge < -0.3 is 4.74 Å². The normalized spacial score (nSPS) is 24.6. The Balaban J connectivity index is 2.05. The lowest BCUT2D eigenvalue weighted by Gasteiger charge is -2.29. The maximum Gasteiger partial charge on any atom is 0.308 e. The van der Waals surface area contributed by atoms with Crippen molar-refractivity contribution in [2.24, 2.45) is 11.3 Å². The molecule has 0 aromatic heterocycles. The van der Waals surface area contributed by atoms with Gasteiger partial charge in [0.2, 0.25) is 0 Å². The smallest absolute Gasteiger partial charge is 0.308 e. The molecule has 1 atom stereocenters.